The maximum absolute atomic E-state index is 4.55. The number of hydrogen-bond acceptors (Lipinski definition) is 3. The first kappa shape index (κ1) is 13.9. The summed E-state index contributed by atoms with van der Waals surface area (Å²) in [6.07, 6.45) is 6.82. The van der Waals surface area contributed by atoms with Gasteiger partial charge in [-0.2, -0.15) is 0 Å². The standard InChI is InChI=1S/C15H24N2S/c1-12-10-13(2)17-15(11-12)18-9-5-8-16-14-6-3-4-7-14/h10-11,14,16H,3-9H2,1-2H3. The Labute approximate surface area is 115 Å². The second-order valence-electron chi connectivity index (χ2n) is 5.26. The second kappa shape index (κ2) is 7.15. The highest BCUT2D eigenvalue weighted by molar-refractivity contribution is 7.99. The van der Waals surface area contributed by atoms with Gasteiger partial charge in [0.25, 0.3) is 0 Å². The minimum Gasteiger partial charge on any atom is -0.314 e. The molecule has 100 valence electrons. The predicted octanol–water partition coefficient (Wildman–Crippen LogP) is 3.71. The van der Waals surface area contributed by atoms with E-state index in [9.17, 15) is 0 Å². The molecule has 0 spiro atoms. The van der Waals surface area contributed by atoms with E-state index in [1.807, 2.05) is 11.8 Å². The first-order valence-corrected chi connectivity index (χ1v) is 8.04. The summed E-state index contributed by atoms with van der Waals surface area (Å²) in [4.78, 5) is 4.55. The maximum Gasteiger partial charge on any atom is 0.0965 e. The van der Waals surface area contributed by atoms with Gasteiger partial charge < -0.3 is 5.32 Å². The van der Waals surface area contributed by atoms with Crippen molar-refractivity contribution in [3.63, 3.8) is 0 Å². The molecule has 0 bridgehead atoms. The van der Waals surface area contributed by atoms with E-state index in [2.05, 4.69) is 36.3 Å². The zero-order valence-corrected chi connectivity index (χ0v) is 12.4. The highest BCUT2D eigenvalue weighted by Gasteiger charge is 2.13. The number of hydrogen-bond donors (Lipinski definition) is 1. The summed E-state index contributed by atoms with van der Waals surface area (Å²) in [5.41, 5.74) is 2.44. The Hall–Kier alpha value is -0.540. The van der Waals surface area contributed by atoms with Gasteiger partial charge in [-0.1, -0.05) is 12.8 Å². The Balaban J connectivity index is 1.62. The van der Waals surface area contributed by atoms with E-state index in [0.717, 1.165) is 24.0 Å². The molecular weight excluding hydrogens is 240 g/mol. The molecule has 3 heteroatoms. The molecule has 18 heavy (non-hydrogen) atoms. The van der Waals surface area contributed by atoms with Crippen molar-refractivity contribution in [2.24, 2.45) is 0 Å². The fraction of sp³-hybridized carbons (Fsp3) is 0.667. The zero-order valence-electron chi connectivity index (χ0n) is 11.5. The van der Waals surface area contributed by atoms with Crippen molar-refractivity contribution in [3.05, 3.63) is 23.4 Å². The van der Waals surface area contributed by atoms with E-state index in [1.165, 1.54) is 42.7 Å². The van der Waals surface area contributed by atoms with Crippen LogP contribution >= 0.6 is 11.8 Å². The van der Waals surface area contributed by atoms with Gasteiger partial charge in [0.2, 0.25) is 0 Å². The summed E-state index contributed by atoms with van der Waals surface area (Å²) < 4.78 is 0. The van der Waals surface area contributed by atoms with E-state index in [1.54, 1.807) is 0 Å². The summed E-state index contributed by atoms with van der Waals surface area (Å²) in [6.45, 7) is 5.36. The molecule has 1 aliphatic rings. The molecule has 1 aromatic rings. The molecule has 1 aliphatic carbocycles. The molecule has 0 unspecified atom stereocenters. The Morgan fingerprint density at radius 2 is 2.06 bits per heavy atom. The molecule has 1 N–H and O–H groups in total. The molecule has 2 rings (SSSR count). The Morgan fingerprint density at radius 1 is 1.28 bits per heavy atom. The Bertz CT molecular complexity index is 353. The SMILES string of the molecule is Cc1cc(C)nc(SCCCNC2CCCC2)c1. The van der Waals surface area contributed by atoms with Crippen molar-refractivity contribution in [1.82, 2.24) is 10.3 Å². The van der Waals surface area contributed by atoms with Crippen molar-refractivity contribution in [2.75, 3.05) is 12.3 Å². The van der Waals surface area contributed by atoms with E-state index in [0.29, 0.717) is 0 Å². The number of nitrogens with zero attached hydrogens (tertiary/aromatic N) is 1. The third-order valence-electron chi connectivity index (χ3n) is 3.43. The van der Waals surface area contributed by atoms with Gasteiger partial charge in [-0.3, -0.25) is 0 Å². The lowest BCUT2D eigenvalue weighted by molar-refractivity contribution is 0.524. The summed E-state index contributed by atoms with van der Waals surface area (Å²) >= 11 is 1.88. The maximum atomic E-state index is 4.55. The van der Waals surface area contributed by atoms with Crippen LogP contribution in [0.1, 0.15) is 43.4 Å². The van der Waals surface area contributed by atoms with Crippen LogP contribution in [-0.2, 0) is 0 Å². The largest absolute Gasteiger partial charge is 0.314 e. The van der Waals surface area contributed by atoms with Crippen LogP contribution in [-0.4, -0.2) is 23.3 Å². The molecule has 1 heterocycles. The number of aryl methyl sites for hydroxylation is 2. The van der Waals surface area contributed by atoms with Gasteiger partial charge >= 0.3 is 0 Å². The number of rotatable bonds is 6. The summed E-state index contributed by atoms with van der Waals surface area (Å²) in [5.74, 6) is 1.16. The summed E-state index contributed by atoms with van der Waals surface area (Å²) in [7, 11) is 0. The highest BCUT2D eigenvalue weighted by atomic mass is 32.2. The number of pyridine rings is 1. The quantitative estimate of drug-likeness (QED) is 0.626. The summed E-state index contributed by atoms with van der Waals surface area (Å²) in [6, 6.07) is 5.11. The minimum absolute atomic E-state index is 0.800. The van der Waals surface area contributed by atoms with Crippen LogP contribution in [0.4, 0.5) is 0 Å². The minimum atomic E-state index is 0.800. The van der Waals surface area contributed by atoms with Gasteiger partial charge in [0.1, 0.15) is 0 Å². The van der Waals surface area contributed by atoms with Gasteiger partial charge in [0.05, 0.1) is 5.03 Å². The fourth-order valence-corrected chi connectivity index (χ4v) is 3.54. The van der Waals surface area contributed by atoms with Gasteiger partial charge in [-0.25, -0.2) is 4.98 Å². The second-order valence-corrected chi connectivity index (χ2v) is 6.38. The topological polar surface area (TPSA) is 24.9 Å². The van der Waals surface area contributed by atoms with Crippen LogP contribution in [0.3, 0.4) is 0 Å². The van der Waals surface area contributed by atoms with Crippen LogP contribution in [0.15, 0.2) is 17.2 Å². The zero-order chi connectivity index (χ0) is 12.8. The van der Waals surface area contributed by atoms with E-state index < -0.39 is 0 Å². The van der Waals surface area contributed by atoms with E-state index >= 15 is 0 Å². The normalized spacial score (nSPS) is 16.3. The first-order chi connectivity index (χ1) is 8.74. The average Bonchev–Trinajstić information content (AvgIpc) is 2.80. The van der Waals surface area contributed by atoms with Crippen molar-refractivity contribution in [2.45, 2.75) is 57.0 Å². The lowest BCUT2D eigenvalue weighted by Crippen LogP contribution is -2.27. The Kier molecular flexibility index (Phi) is 5.51. The molecule has 1 aromatic heterocycles. The summed E-state index contributed by atoms with van der Waals surface area (Å²) in [5, 5.41) is 4.83. The molecule has 0 aliphatic heterocycles. The van der Waals surface area contributed by atoms with Crippen LogP contribution in [0, 0.1) is 13.8 Å². The molecule has 2 nitrogen and oxygen atoms in total. The Morgan fingerprint density at radius 3 is 2.78 bits per heavy atom. The third kappa shape index (κ3) is 4.62. The molecule has 1 saturated carbocycles. The van der Waals surface area contributed by atoms with Crippen LogP contribution in [0.25, 0.3) is 0 Å². The molecule has 0 amide bonds. The van der Waals surface area contributed by atoms with Crippen molar-refractivity contribution in [3.8, 4) is 0 Å². The molecule has 0 saturated heterocycles. The molecule has 0 radical (unpaired) electrons. The number of aromatic nitrogens is 1. The lowest BCUT2D eigenvalue weighted by atomic mass is 10.2. The smallest absolute Gasteiger partial charge is 0.0965 e. The molecule has 1 fully saturated rings. The van der Waals surface area contributed by atoms with E-state index in [4.69, 9.17) is 0 Å². The molecule has 0 atom stereocenters. The third-order valence-corrected chi connectivity index (χ3v) is 4.43. The van der Waals surface area contributed by atoms with Crippen molar-refractivity contribution < 1.29 is 0 Å². The van der Waals surface area contributed by atoms with Gasteiger partial charge in [-0.15, -0.1) is 11.8 Å². The van der Waals surface area contributed by atoms with Crippen LogP contribution in [0.2, 0.25) is 0 Å². The first-order valence-electron chi connectivity index (χ1n) is 7.05. The lowest BCUT2D eigenvalue weighted by Gasteiger charge is -2.11. The molecular formula is C15H24N2S. The fourth-order valence-electron chi connectivity index (χ4n) is 2.56. The van der Waals surface area contributed by atoms with Crippen molar-refractivity contribution >= 4 is 11.8 Å². The van der Waals surface area contributed by atoms with Crippen molar-refractivity contribution in [1.29, 1.82) is 0 Å². The van der Waals surface area contributed by atoms with Gasteiger partial charge in [0.15, 0.2) is 0 Å². The van der Waals surface area contributed by atoms with Crippen LogP contribution in [0.5, 0.6) is 0 Å². The number of nitrogens with one attached hydrogen (secondary N) is 1. The predicted molar refractivity (Wildman–Crippen MR) is 79.3 cm³/mol. The van der Waals surface area contributed by atoms with Gasteiger partial charge in [0, 0.05) is 17.5 Å². The monoisotopic (exact) mass is 264 g/mol. The van der Waals surface area contributed by atoms with Crippen LogP contribution < -0.4 is 5.32 Å². The average molecular weight is 264 g/mol. The van der Waals surface area contributed by atoms with E-state index in [-0.39, 0.29) is 0 Å². The molecule has 0 aromatic carbocycles. The number of thioether (sulfide) groups is 1. The van der Waals surface area contributed by atoms with Gasteiger partial charge in [-0.05, 0) is 57.4 Å². The highest BCUT2D eigenvalue weighted by Crippen LogP contribution is 2.19.